The quantitative estimate of drug-likeness (QED) is 0.104. The fourth-order valence-electron chi connectivity index (χ4n) is 7.23. The molecule has 0 radical (unpaired) electrons. The van der Waals surface area contributed by atoms with Crippen LogP contribution in [0.15, 0.2) is 176 Å². The van der Waals surface area contributed by atoms with Crippen LogP contribution >= 0.6 is 0 Å². The zero-order valence-electron chi connectivity index (χ0n) is 26.1. The second-order valence-corrected chi connectivity index (χ2v) is 15.8. The highest BCUT2D eigenvalue weighted by molar-refractivity contribution is 7.19. The fraction of sp³-hybridized carbons (Fsp3) is 0. The van der Waals surface area contributed by atoms with Gasteiger partial charge in [-0.05, 0) is 79.7 Å². The Morgan fingerprint density at radius 2 is 1.04 bits per heavy atom. The van der Waals surface area contributed by atoms with E-state index in [9.17, 15) is 5.26 Å². The monoisotopic (exact) mass is 627 g/mol. The summed E-state index contributed by atoms with van der Waals surface area (Å²) in [6.45, 7) is 7.55. The van der Waals surface area contributed by atoms with Crippen LogP contribution in [-0.4, -0.2) is 12.6 Å². The molecule has 8 rings (SSSR count). The van der Waals surface area contributed by atoms with Crippen LogP contribution < -0.4 is 20.7 Å². The Kier molecular flexibility index (Phi) is 7.27. The maximum Gasteiger partial charge on any atom is 0.188 e. The van der Waals surface area contributed by atoms with Gasteiger partial charge in [0, 0.05) is 11.1 Å². The molecule has 224 valence electrons. The molecular weight excluding hydrogens is 599 g/mol. The number of rotatable bonds is 6. The normalized spacial score (nSPS) is 11.3. The SMILES string of the molecule is [C-]#[N+]c1ccc2c(c1)c1cc(C#N)ccc1n2-c1ccc(-c2cccc([Si](c3ccccc3)(c3ccccc3)c3ccccc3)c2)cc1. The molecule has 0 unspecified atom stereocenters. The minimum Gasteiger partial charge on any atom is -0.309 e. The number of nitriles is 1. The topological polar surface area (TPSA) is 33.1 Å². The molecule has 0 saturated carbocycles. The van der Waals surface area contributed by atoms with E-state index in [-0.39, 0.29) is 0 Å². The first kappa shape index (κ1) is 29.0. The number of hydrogen-bond acceptors (Lipinski definition) is 1. The first-order valence-electron chi connectivity index (χ1n) is 15.9. The first-order chi connectivity index (χ1) is 23.7. The van der Waals surface area contributed by atoms with Gasteiger partial charge >= 0.3 is 0 Å². The van der Waals surface area contributed by atoms with E-state index in [1.807, 2.05) is 36.4 Å². The molecule has 0 bridgehead atoms. The van der Waals surface area contributed by atoms with Crippen LogP contribution in [0.25, 0.3) is 43.5 Å². The zero-order chi connectivity index (χ0) is 32.5. The molecule has 7 aromatic carbocycles. The van der Waals surface area contributed by atoms with Crippen molar-refractivity contribution in [1.29, 1.82) is 5.26 Å². The van der Waals surface area contributed by atoms with Gasteiger partial charge in [0.1, 0.15) is 0 Å². The van der Waals surface area contributed by atoms with Crippen molar-refractivity contribution >= 4 is 56.3 Å². The van der Waals surface area contributed by atoms with Gasteiger partial charge in [0.15, 0.2) is 13.8 Å². The molecule has 0 saturated heterocycles. The first-order valence-corrected chi connectivity index (χ1v) is 17.9. The average molecular weight is 628 g/mol. The molecule has 8 aromatic rings. The Bertz CT molecular complexity index is 2340. The third-order valence-corrected chi connectivity index (χ3v) is 14.2. The summed E-state index contributed by atoms with van der Waals surface area (Å²) >= 11 is 0. The van der Waals surface area contributed by atoms with E-state index in [2.05, 4.69) is 155 Å². The van der Waals surface area contributed by atoms with E-state index in [0.717, 1.165) is 33.1 Å². The minimum absolute atomic E-state index is 0.584. The fourth-order valence-corrected chi connectivity index (χ4v) is 12.0. The predicted octanol–water partition coefficient (Wildman–Crippen LogP) is 8.25. The molecule has 1 heterocycles. The van der Waals surface area contributed by atoms with Crippen molar-refractivity contribution in [3.8, 4) is 22.9 Å². The van der Waals surface area contributed by atoms with Crippen molar-refractivity contribution in [2.75, 3.05) is 0 Å². The van der Waals surface area contributed by atoms with E-state index in [1.54, 1.807) is 0 Å². The lowest BCUT2D eigenvalue weighted by Gasteiger charge is -2.34. The molecule has 4 heteroatoms. The van der Waals surface area contributed by atoms with E-state index in [4.69, 9.17) is 6.57 Å². The van der Waals surface area contributed by atoms with E-state index in [1.165, 1.54) is 26.3 Å². The van der Waals surface area contributed by atoms with Crippen LogP contribution in [0.1, 0.15) is 5.56 Å². The molecular formula is C44H29N3Si. The van der Waals surface area contributed by atoms with Crippen LogP contribution in [0.4, 0.5) is 5.69 Å². The largest absolute Gasteiger partial charge is 0.309 e. The number of fused-ring (bicyclic) bond motifs is 3. The van der Waals surface area contributed by atoms with Gasteiger partial charge in [-0.15, -0.1) is 0 Å². The summed E-state index contributed by atoms with van der Waals surface area (Å²) in [7, 11) is -2.64. The van der Waals surface area contributed by atoms with Crippen molar-refractivity contribution in [3.05, 3.63) is 193 Å². The van der Waals surface area contributed by atoms with Crippen LogP contribution in [-0.2, 0) is 0 Å². The highest BCUT2D eigenvalue weighted by Crippen LogP contribution is 2.35. The molecule has 0 aliphatic heterocycles. The van der Waals surface area contributed by atoms with E-state index < -0.39 is 8.07 Å². The maximum atomic E-state index is 9.59. The maximum absolute atomic E-state index is 9.59. The summed E-state index contributed by atoms with van der Waals surface area (Å²) in [5.74, 6) is 0. The molecule has 0 amide bonds. The van der Waals surface area contributed by atoms with Crippen molar-refractivity contribution in [3.63, 3.8) is 0 Å². The van der Waals surface area contributed by atoms with Gasteiger partial charge in [-0.1, -0.05) is 133 Å². The molecule has 48 heavy (non-hydrogen) atoms. The van der Waals surface area contributed by atoms with Gasteiger partial charge in [-0.3, -0.25) is 0 Å². The number of aromatic nitrogens is 1. The van der Waals surface area contributed by atoms with Crippen molar-refractivity contribution in [2.45, 2.75) is 0 Å². The number of nitrogens with zero attached hydrogens (tertiary/aromatic N) is 3. The third kappa shape index (κ3) is 4.72. The molecule has 0 atom stereocenters. The van der Waals surface area contributed by atoms with Gasteiger partial charge in [0.2, 0.25) is 0 Å². The second-order valence-electron chi connectivity index (χ2n) is 12.0. The van der Waals surface area contributed by atoms with Crippen LogP contribution in [0, 0.1) is 17.9 Å². The molecule has 0 N–H and O–H groups in total. The van der Waals surface area contributed by atoms with Crippen molar-refractivity contribution in [1.82, 2.24) is 4.57 Å². The summed E-state index contributed by atoms with van der Waals surface area (Å²) < 4.78 is 2.22. The van der Waals surface area contributed by atoms with Gasteiger partial charge in [0.25, 0.3) is 0 Å². The Morgan fingerprint density at radius 3 is 1.60 bits per heavy atom. The Morgan fingerprint density at radius 1 is 0.500 bits per heavy atom. The van der Waals surface area contributed by atoms with Crippen molar-refractivity contribution in [2.24, 2.45) is 0 Å². The number of hydrogen-bond donors (Lipinski definition) is 0. The minimum atomic E-state index is -2.64. The van der Waals surface area contributed by atoms with Gasteiger partial charge in [-0.2, -0.15) is 5.26 Å². The molecule has 0 spiro atoms. The molecule has 0 aliphatic rings. The van der Waals surface area contributed by atoms with Crippen LogP contribution in [0.3, 0.4) is 0 Å². The molecule has 1 aromatic heterocycles. The highest BCUT2D eigenvalue weighted by Gasteiger charge is 2.41. The van der Waals surface area contributed by atoms with Crippen LogP contribution in [0.5, 0.6) is 0 Å². The average Bonchev–Trinajstić information content (AvgIpc) is 3.49. The summed E-state index contributed by atoms with van der Waals surface area (Å²) in [6, 6.07) is 64.6. The van der Waals surface area contributed by atoms with Crippen LogP contribution in [0.2, 0.25) is 0 Å². The smallest absolute Gasteiger partial charge is 0.188 e. The third-order valence-electron chi connectivity index (χ3n) is 9.38. The Hall–Kier alpha value is -6.46. The number of benzene rings is 7. The zero-order valence-corrected chi connectivity index (χ0v) is 27.1. The Labute approximate surface area is 281 Å². The van der Waals surface area contributed by atoms with E-state index in [0.29, 0.717) is 11.3 Å². The van der Waals surface area contributed by atoms with Gasteiger partial charge < -0.3 is 4.57 Å². The molecule has 0 aliphatic carbocycles. The van der Waals surface area contributed by atoms with Gasteiger partial charge in [-0.25, -0.2) is 4.85 Å². The van der Waals surface area contributed by atoms with Gasteiger partial charge in [0.05, 0.1) is 29.2 Å². The summed E-state index contributed by atoms with van der Waals surface area (Å²) in [5.41, 5.74) is 6.53. The summed E-state index contributed by atoms with van der Waals surface area (Å²) in [6.07, 6.45) is 0. The lowest BCUT2D eigenvalue weighted by Crippen LogP contribution is -2.74. The Balaban J connectivity index is 1.28. The standard InChI is InChI=1S/C44H29N3Si/c1-46-35-23-27-44-42(30-35)41-28-32(31-45)20-26-43(41)47(44)36-24-21-33(22-25-36)34-12-11-19-40(29-34)48(37-13-5-2-6-14-37,38-15-7-3-8-16-38)39-17-9-4-10-18-39/h2-30H. The predicted molar refractivity (Wildman–Crippen MR) is 201 cm³/mol. The van der Waals surface area contributed by atoms with E-state index >= 15 is 0 Å². The summed E-state index contributed by atoms with van der Waals surface area (Å²) in [4.78, 5) is 3.66. The molecule has 0 fully saturated rings. The highest BCUT2D eigenvalue weighted by atomic mass is 28.3. The second kappa shape index (κ2) is 12.0. The summed E-state index contributed by atoms with van der Waals surface area (Å²) in [5, 5.41) is 16.9. The molecule has 3 nitrogen and oxygen atoms in total. The lowest BCUT2D eigenvalue weighted by molar-refractivity contribution is 1.18. The lowest BCUT2D eigenvalue weighted by atomic mass is 10.1. The van der Waals surface area contributed by atoms with Crippen molar-refractivity contribution < 1.29 is 0 Å².